The van der Waals surface area contributed by atoms with Crippen molar-refractivity contribution in [3.05, 3.63) is 0 Å². The van der Waals surface area contributed by atoms with Gasteiger partial charge in [0.25, 0.3) is 5.91 Å². The minimum absolute atomic E-state index is 0.165. The van der Waals surface area contributed by atoms with Gasteiger partial charge in [-0.1, -0.05) is 12.8 Å². The summed E-state index contributed by atoms with van der Waals surface area (Å²) in [6.07, 6.45) is 9.37. The summed E-state index contributed by atoms with van der Waals surface area (Å²) in [5.41, 5.74) is 0. The number of amides is 1. The first-order chi connectivity index (χ1) is 10.3. The van der Waals surface area contributed by atoms with Gasteiger partial charge >= 0.3 is 0 Å². The molecule has 3 atom stereocenters. The molecule has 0 spiro atoms. The maximum absolute atomic E-state index is 12.9. The molecule has 0 aromatic carbocycles. The first-order valence-electron chi connectivity index (χ1n) is 8.92. The topological polar surface area (TPSA) is 41.6 Å². The normalized spacial score (nSPS) is 35.7. The van der Waals surface area contributed by atoms with Gasteiger partial charge in [0.2, 0.25) is 0 Å². The summed E-state index contributed by atoms with van der Waals surface area (Å²) < 4.78 is 5.85. The van der Waals surface area contributed by atoms with Gasteiger partial charge in [-0.2, -0.15) is 0 Å². The number of carbonyl (C=O) groups excluding carboxylic acids is 1. The molecule has 3 aliphatic heterocycles. The summed E-state index contributed by atoms with van der Waals surface area (Å²) in [7, 11) is 0. The Hall–Kier alpha value is -0.610. The number of rotatable bonds is 2. The number of nitrogens with one attached hydrogen (secondary N) is 1. The van der Waals surface area contributed by atoms with Gasteiger partial charge < -0.3 is 15.0 Å². The van der Waals surface area contributed by atoms with Gasteiger partial charge in [0, 0.05) is 12.6 Å². The zero-order chi connectivity index (χ0) is 14.7. The van der Waals surface area contributed by atoms with E-state index in [-0.39, 0.29) is 18.1 Å². The molecule has 3 fully saturated rings. The predicted molar refractivity (Wildman–Crippen MR) is 83.1 cm³/mol. The van der Waals surface area contributed by atoms with Crippen LogP contribution >= 0.6 is 0 Å². The Morgan fingerprint density at radius 1 is 1.05 bits per heavy atom. The van der Waals surface area contributed by atoms with Crippen molar-refractivity contribution in [2.75, 3.05) is 19.6 Å². The average molecular weight is 294 g/mol. The lowest BCUT2D eigenvalue weighted by atomic mass is 9.86. The highest BCUT2D eigenvalue weighted by Gasteiger charge is 2.37. The number of ether oxygens (including phenoxy) is 1. The van der Waals surface area contributed by atoms with Gasteiger partial charge in [-0.3, -0.25) is 4.79 Å². The van der Waals surface area contributed by atoms with Crippen molar-refractivity contribution in [1.29, 1.82) is 0 Å². The third-order valence-electron chi connectivity index (χ3n) is 5.52. The Morgan fingerprint density at radius 3 is 2.57 bits per heavy atom. The fraction of sp³-hybridized carbons (Fsp3) is 0.941. The third kappa shape index (κ3) is 3.59. The number of nitrogens with zero attached hydrogens (tertiary/aromatic N) is 1. The van der Waals surface area contributed by atoms with Crippen molar-refractivity contribution in [2.45, 2.75) is 76.5 Å². The molecule has 4 heteroatoms. The van der Waals surface area contributed by atoms with Gasteiger partial charge in [0.1, 0.15) is 6.10 Å². The van der Waals surface area contributed by atoms with E-state index in [1.54, 1.807) is 0 Å². The van der Waals surface area contributed by atoms with E-state index in [4.69, 9.17) is 4.74 Å². The molecule has 3 rings (SSSR count). The predicted octanol–water partition coefficient (Wildman–Crippen LogP) is 2.32. The summed E-state index contributed by atoms with van der Waals surface area (Å²) in [6.45, 7) is 5.25. The zero-order valence-electron chi connectivity index (χ0n) is 13.4. The van der Waals surface area contributed by atoms with Gasteiger partial charge in [-0.05, 0) is 64.5 Å². The molecule has 1 amide bonds. The number of piperidine rings is 1. The van der Waals surface area contributed by atoms with Crippen LogP contribution in [0.1, 0.15) is 58.3 Å². The Balaban J connectivity index is 1.70. The summed E-state index contributed by atoms with van der Waals surface area (Å²) >= 11 is 0. The van der Waals surface area contributed by atoms with Crippen molar-refractivity contribution in [1.82, 2.24) is 10.2 Å². The van der Waals surface area contributed by atoms with E-state index in [9.17, 15) is 4.79 Å². The molecule has 21 heavy (non-hydrogen) atoms. The molecular formula is C17H30N2O2. The lowest BCUT2D eigenvalue weighted by Crippen LogP contribution is -2.50. The standard InChI is InChI=1S/C17H30N2O2/c1-13-6-7-16(21-13)17(20)19-12-4-2-3-5-15(19)14-8-10-18-11-9-14/h13-16,18H,2-12H2,1H3. The molecule has 3 unspecified atom stereocenters. The van der Waals surface area contributed by atoms with Crippen LogP contribution in [0.4, 0.5) is 0 Å². The molecule has 1 N–H and O–H groups in total. The van der Waals surface area contributed by atoms with Crippen molar-refractivity contribution in [3.8, 4) is 0 Å². The van der Waals surface area contributed by atoms with Crippen LogP contribution in [0.2, 0.25) is 0 Å². The highest BCUT2D eigenvalue weighted by Crippen LogP contribution is 2.30. The zero-order valence-corrected chi connectivity index (χ0v) is 13.4. The first kappa shape index (κ1) is 15.3. The first-order valence-corrected chi connectivity index (χ1v) is 8.92. The Kier molecular flexibility index (Phi) is 5.17. The number of hydrogen-bond acceptors (Lipinski definition) is 3. The van der Waals surface area contributed by atoms with Gasteiger partial charge in [-0.25, -0.2) is 0 Å². The van der Waals surface area contributed by atoms with Crippen molar-refractivity contribution < 1.29 is 9.53 Å². The number of hydrogen-bond donors (Lipinski definition) is 1. The lowest BCUT2D eigenvalue weighted by molar-refractivity contribution is -0.146. The van der Waals surface area contributed by atoms with Gasteiger partial charge in [0.15, 0.2) is 0 Å². The van der Waals surface area contributed by atoms with E-state index in [1.165, 1.54) is 32.1 Å². The highest BCUT2D eigenvalue weighted by molar-refractivity contribution is 5.81. The number of carbonyl (C=O) groups is 1. The van der Waals surface area contributed by atoms with Crippen molar-refractivity contribution >= 4 is 5.91 Å². The van der Waals surface area contributed by atoms with Crippen LogP contribution in [-0.2, 0) is 9.53 Å². The van der Waals surface area contributed by atoms with Gasteiger partial charge in [-0.15, -0.1) is 0 Å². The van der Waals surface area contributed by atoms with E-state index in [0.717, 1.165) is 38.9 Å². The number of likely N-dealkylation sites (tertiary alicyclic amines) is 1. The third-order valence-corrected chi connectivity index (χ3v) is 5.52. The van der Waals surface area contributed by atoms with E-state index >= 15 is 0 Å². The highest BCUT2D eigenvalue weighted by atomic mass is 16.5. The van der Waals surface area contributed by atoms with Crippen LogP contribution < -0.4 is 5.32 Å². The van der Waals surface area contributed by atoms with E-state index in [1.807, 2.05) is 0 Å². The minimum atomic E-state index is -0.165. The SMILES string of the molecule is CC1CCC(C(=O)N2CCCCCC2C2CCNCC2)O1. The summed E-state index contributed by atoms with van der Waals surface area (Å²) in [5.74, 6) is 0.969. The summed E-state index contributed by atoms with van der Waals surface area (Å²) in [5, 5.41) is 3.45. The fourth-order valence-corrected chi connectivity index (χ4v) is 4.30. The van der Waals surface area contributed by atoms with E-state index < -0.39 is 0 Å². The fourth-order valence-electron chi connectivity index (χ4n) is 4.30. The van der Waals surface area contributed by atoms with Gasteiger partial charge in [0.05, 0.1) is 6.10 Å². The van der Waals surface area contributed by atoms with Crippen LogP contribution in [0.15, 0.2) is 0 Å². The molecule has 120 valence electrons. The lowest BCUT2D eigenvalue weighted by Gasteiger charge is -2.39. The van der Waals surface area contributed by atoms with E-state index in [0.29, 0.717) is 12.0 Å². The Bertz CT molecular complexity index is 355. The van der Waals surface area contributed by atoms with Crippen LogP contribution in [-0.4, -0.2) is 48.7 Å². The molecule has 0 radical (unpaired) electrons. The van der Waals surface area contributed by atoms with Crippen LogP contribution in [0.5, 0.6) is 0 Å². The van der Waals surface area contributed by atoms with Crippen LogP contribution in [0, 0.1) is 5.92 Å². The second-order valence-electron chi connectivity index (χ2n) is 7.05. The summed E-state index contributed by atoms with van der Waals surface area (Å²) in [4.78, 5) is 15.2. The second-order valence-corrected chi connectivity index (χ2v) is 7.05. The molecule has 0 bridgehead atoms. The molecule has 3 saturated heterocycles. The van der Waals surface area contributed by atoms with Crippen molar-refractivity contribution in [3.63, 3.8) is 0 Å². The molecule has 0 aromatic heterocycles. The maximum Gasteiger partial charge on any atom is 0.251 e. The Morgan fingerprint density at radius 2 is 1.86 bits per heavy atom. The average Bonchev–Trinajstić information content (AvgIpc) is 2.81. The molecule has 0 saturated carbocycles. The monoisotopic (exact) mass is 294 g/mol. The molecular weight excluding hydrogens is 264 g/mol. The maximum atomic E-state index is 12.9. The largest absolute Gasteiger partial charge is 0.365 e. The molecule has 4 nitrogen and oxygen atoms in total. The summed E-state index contributed by atoms with van der Waals surface area (Å²) in [6, 6.07) is 0.460. The molecule has 3 heterocycles. The van der Waals surface area contributed by atoms with Crippen LogP contribution in [0.3, 0.4) is 0 Å². The molecule has 3 aliphatic rings. The van der Waals surface area contributed by atoms with E-state index in [2.05, 4.69) is 17.1 Å². The quantitative estimate of drug-likeness (QED) is 0.850. The van der Waals surface area contributed by atoms with Crippen LogP contribution in [0.25, 0.3) is 0 Å². The smallest absolute Gasteiger partial charge is 0.251 e. The molecule has 0 aliphatic carbocycles. The second kappa shape index (κ2) is 7.10. The van der Waals surface area contributed by atoms with Crippen molar-refractivity contribution in [2.24, 2.45) is 5.92 Å². The minimum Gasteiger partial charge on any atom is -0.365 e. The Labute approximate surface area is 128 Å². The molecule has 0 aromatic rings.